The number of aryl methyl sites for hydroxylation is 1. The lowest BCUT2D eigenvalue weighted by Crippen LogP contribution is -2.54. The molecule has 3 rings (SSSR count). The number of morpholine rings is 1. The highest BCUT2D eigenvalue weighted by Gasteiger charge is 2.36. The fraction of sp³-hybridized carbons (Fsp3) is 0.650. The van der Waals surface area contributed by atoms with Gasteiger partial charge in [0.25, 0.3) is 0 Å². The van der Waals surface area contributed by atoms with E-state index in [-0.39, 0.29) is 18.1 Å². The number of nitrogens with zero attached hydrogens (tertiary/aromatic N) is 1. The largest absolute Gasteiger partial charge is 0.493 e. The Hall–Kier alpha value is -1.95. The third-order valence-corrected chi connectivity index (χ3v) is 5.40. The van der Waals surface area contributed by atoms with Crippen LogP contribution in [0.4, 0.5) is 0 Å². The average molecular weight is 363 g/mol. The zero-order valence-corrected chi connectivity index (χ0v) is 16.0. The van der Waals surface area contributed by atoms with Crippen LogP contribution in [-0.2, 0) is 16.0 Å². The molecule has 1 amide bonds. The maximum atomic E-state index is 12.8. The number of ether oxygens (including phenoxy) is 4. The molecule has 1 saturated carbocycles. The van der Waals surface area contributed by atoms with Gasteiger partial charge in [0.1, 0.15) is 0 Å². The minimum absolute atomic E-state index is 0.207. The first kappa shape index (κ1) is 18.8. The smallest absolute Gasteiger partial charge is 0.223 e. The van der Waals surface area contributed by atoms with Crippen molar-refractivity contribution in [1.82, 2.24) is 4.90 Å². The van der Waals surface area contributed by atoms with Crippen LogP contribution in [0.2, 0.25) is 0 Å². The van der Waals surface area contributed by atoms with Crippen molar-refractivity contribution in [2.24, 2.45) is 0 Å². The number of amides is 1. The van der Waals surface area contributed by atoms with E-state index in [9.17, 15) is 4.79 Å². The quantitative estimate of drug-likeness (QED) is 0.778. The van der Waals surface area contributed by atoms with Gasteiger partial charge in [0, 0.05) is 13.0 Å². The Morgan fingerprint density at radius 1 is 1.12 bits per heavy atom. The molecule has 0 radical (unpaired) electrons. The average Bonchev–Trinajstić information content (AvgIpc) is 2.70. The fourth-order valence-corrected chi connectivity index (χ4v) is 4.08. The highest BCUT2D eigenvalue weighted by atomic mass is 16.5. The van der Waals surface area contributed by atoms with Crippen molar-refractivity contribution in [2.45, 2.75) is 50.7 Å². The van der Waals surface area contributed by atoms with E-state index in [4.69, 9.17) is 18.9 Å². The number of benzene rings is 1. The van der Waals surface area contributed by atoms with E-state index < -0.39 is 0 Å². The number of hydrogen-bond acceptors (Lipinski definition) is 5. The molecule has 6 heteroatoms. The molecule has 0 spiro atoms. The Labute approximate surface area is 155 Å². The maximum Gasteiger partial charge on any atom is 0.223 e. The third kappa shape index (κ3) is 3.90. The Balaban J connectivity index is 1.67. The highest BCUT2D eigenvalue weighted by Crippen LogP contribution is 2.38. The summed E-state index contributed by atoms with van der Waals surface area (Å²) < 4.78 is 22.0. The van der Waals surface area contributed by atoms with Gasteiger partial charge in [-0.2, -0.15) is 0 Å². The second-order valence-electron chi connectivity index (χ2n) is 6.88. The summed E-state index contributed by atoms with van der Waals surface area (Å²) in [5.74, 6) is 2.02. The summed E-state index contributed by atoms with van der Waals surface area (Å²) in [5, 5.41) is 0. The van der Waals surface area contributed by atoms with Crippen LogP contribution in [0.15, 0.2) is 12.1 Å². The van der Waals surface area contributed by atoms with Crippen molar-refractivity contribution in [3.8, 4) is 17.2 Å². The van der Waals surface area contributed by atoms with Crippen molar-refractivity contribution in [3.63, 3.8) is 0 Å². The summed E-state index contributed by atoms with van der Waals surface area (Å²) in [6.45, 7) is 1.35. The summed E-state index contributed by atoms with van der Waals surface area (Å²) >= 11 is 0. The second kappa shape index (κ2) is 8.62. The number of rotatable bonds is 6. The summed E-state index contributed by atoms with van der Waals surface area (Å²) in [4.78, 5) is 14.9. The second-order valence-corrected chi connectivity index (χ2v) is 6.88. The predicted octanol–water partition coefficient (Wildman–Crippen LogP) is 2.82. The van der Waals surface area contributed by atoms with E-state index in [0.717, 1.165) is 18.4 Å². The molecule has 0 N–H and O–H groups in total. The summed E-state index contributed by atoms with van der Waals surface area (Å²) in [6, 6.07) is 4.08. The molecule has 0 unspecified atom stereocenters. The van der Waals surface area contributed by atoms with Crippen molar-refractivity contribution >= 4 is 5.91 Å². The molecule has 1 aromatic rings. The summed E-state index contributed by atoms with van der Waals surface area (Å²) in [6.07, 6.45) is 5.85. The summed E-state index contributed by atoms with van der Waals surface area (Å²) in [5.41, 5.74) is 1.00. The van der Waals surface area contributed by atoms with E-state index >= 15 is 0 Å². The van der Waals surface area contributed by atoms with Crippen LogP contribution in [0.5, 0.6) is 17.2 Å². The first-order chi connectivity index (χ1) is 12.7. The molecule has 1 aromatic carbocycles. The maximum absolute atomic E-state index is 12.8. The van der Waals surface area contributed by atoms with Gasteiger partial charge in [-0.15, -0.1) is 0 Å². The zero-order valence-electron chi connectivity index (χ0n) is 16.0. The molecule has 0 aromatic heterocycles. The van der Waals surface area contributed by atoms with Crippen LogP contribution in [-0.4, -0.2) is 57.4 Å². The molecule has 2 atom stereocenters. The Kier molecular flexibility index (Phi) is 6.25. The SMILES string of the molecule is COc1cc(CCC(=O)N2CCO[C@@H]3CCCC[C@H]32)cc(OC)c1OC. The number of fused-ring (bicyclic) bond motifs is 1. The molecule has 26 heavy (non-hydrogen) atoms. The van der Waals surface area contributed by atoms with Crippen molar-refractivity contribution in [2.75, 3.05) is 34.5 Å². The van der Waals surface area contributed by atoms with E-state index in [2.05, 4.69) is 0 Å². The number of methoxy groups -OCH3 is 3. The normalized spacial score (nSPS) is 22.5. The molecule has 2 aliphatic rings. The lowest BCUT2D eigenvalue weighted by Gasteiger charge is -2.43. The van der Waals surface area contributed by atoms with Crippen molar-refractivity contribution in [1.29, 1.82) is 0 Å². The van der Waals surface area contributed by atoms with E-state index in [1.54, 1.807) is 21.3 Å². The van der Waals surface area contributed by atoms with Gasteiger partial charge >= 0.3 is 0 Å². The first-order valence-electron chi connectivity index (χ1n) is 9.38. The molecule has 1 saturated heterocycles. The lowest BCUT2D eigenvalue weighted by molar-refractivity contribution is -0.149. The monoisotopic (exact) mass is 363 g/mol. The van der Waals surface area contributed by atoms with Gasteiger partial charge in [0.2, 0.25) is 11.7 Å². The van der Waals surface area contributed by atoms with E-state index in [0.29, 0.717) is 43.2 Å². The van der Waals surface area contributed by atoms with Gasteiger partial charge in [0.05, 0.1) is 40.1 Å². The van der Waals surface area contributed by atoms with Crippen molar-refractivity contribution < 1.29 is 23.7 Å². The fourth-order valence-electron chi connectivity index (χ4n) is 4.08. The Morgan fingerprint density at radius 2 is 1.81 bits per heavy atom. The van der Waals surface area contributed by atoms with Crippen LogP contribution in [0.25, 0.3) is 0 Å². The third-order valence-electron chi connectivity index (χ3n) is 5.40. The molecule has 0 bridgehead atoms. The van der Waals surface area contributed by atoms with Crippen LogP contribution < -0.4 is 14.2 Å². The van der Waals surface area contributed by atoms with Gasteiger partial charge < -0.3 is 23.8 Å². The molecule has 1 aliphatic carbocycles. The standard InChI is InChI=1S/C20H29NO5/c1-23-17-12-14(13-18(24-2)20(17)25-3)8-9-19(22)21-10-11-26-16-7-5-4-6-15(16)21/h12-13,15-16H,4-11H2,1-3H3/t15-,16-/m1/s1. The van der Waals surface area contributed by atoms with E-state index in [1.165, 1.54) is 12.8 Å². The van der Waals surface area contributed by atoms with Gasteiger partial charge in [-0.1, -0.05) is 12.8 Å². The molecule has 2 fully saturated rings. The molecule has 1 heterocycles. The Bertz CT molecular complexity index is 606. The molecule has 6 nitrogen and oxygen atoms in total. The van der Waals surface area contributed by atoms with Crippen LogP contribution >= 0.6 is 0 Å². The van der Waals surface area contributed by atoms with Gasteiger partial charge in [0.15, 0.2) is 11.5 Å². The minimum atomic E-state index is 0.207. The van der Waals surface area contributed by atoms with Gasteiger partial charge in [-0.3, -0.25) is 4.79 Å². The van der Waals surface area contributed by atoms with Gasteiger partial charge in [-0.05, 0) is 37.0 Å². The van der Waals surface area contributed by atoms with Crippen LogP contribution in [0, 0.1) is 0 Å². The first-order valence-corrected chi connectivity index (χ1v) is 9.38. The topological polar surface area (TPSA) is 57.2 Å². The van der Waals surface area contributed by atoms with E-state index in [1.807, 2.05) is 17.0 Å². The number of carbonyl (C=O) groups is 1. The predicted molar refractivity (Wildman–Crippen MR) is 98.1 cm³/mol. The van der Waals surface area contributed by atoms with Crippen LogP contribution in [0.3, 0.4) is 0 Å². The molecular weight excluding hydrogens is 334 g/mol. The minimum Gasteiger partial charge on any atom is -0.493 e. The zero-order chi connectivity index (χ0) is 18.5. The molecular formula is C20H29NO5. The number of hydrogen-bond donors (Lipinski definition) is 0. The highest BCUT2D eigenvalue weighted by molar-refractivity contribution is 5.77. The Morgan fingerprint density at radius 3 is 2.46 bits per heavy atom. The number of carbonyl (C=O) groups excluding carboxylic acids is 1. The van der Waals surface area contributed by atoms with Crippen molar-refractivity contribution in [3.05, 3.63) is 17.7 Å². The van der Waals surface area contributed by atoms with Gasteiger partial charge in [-0.25, -0.2) is 0 Å². The molecule has 1 aliphatic heterocycles. The van der Waals surface area contributed by atoms with Crippen LogP contribution in [0.1, 0.15) is 37.7 Å². The summed E-state index contributed by atoms with van der Waals surface area (Å²) in [7, 11) is 4.79. The molecule has 144 valence electrons. The lowest BCUT2D eigenvalue weighted by atomic mass is 9.90.